The van der Waals surface area contributed by atoms with Crippen LogP contribution in [-0.2, 0) is 20.3 Å². The molecule has 0 amide bonds. The summed E-state index contributed by atoms with van der Waals surface area (Å²) in [6.45, 7) is 1.57. The molecule has 0 saturated carbocycles. The molecule has 0 fully saturated rings. The Hall–Kier alpha value is -0.380. The van der Waals surface area contributed by atoms with Crippen LogP contribution in [0.5, 0.6) is 0 Å². The molecule has 7 heteroatoms. The maximum atomic E-state index is 11.5. The van der Waals surface area contributed by atoms with Gasteiger partial charge in [0.05, 0.1) is 16.7 Å². The third-order valence-corrected chi connectivity index (χ3v) is 4.43. The Morgan fingerprint density at radius 1 is 1.39 bits per heavy atom. The van der Waals surface area contributed by atoms with E-state index >= 15 is 0 Å². The maximum Gasteiger partial charge on any atom is 0.394 e. The van der Waals surface area contributed by atoms with Crippen molar-refractivity contribution in [3.8, 4) is 0 Å². The van der Waals surface area contributed by atoms with Gasteiger partial charge in [0.15, 0.2) is 0 Å². The van der Waals surface area contributed by atoms with Gasteiger partial charge in [0.2, 0.25) is 5.52 Å². The number of carbonyl (C=O) groups is 1. The lowest BCUT2D eigenvalue weighted by molar-refractivity contribution is -0.113. The van der Waals surface area contributed by atoms with Gasteiger partial charge in [-0.1, -0.05) is 29.3 Å². The predicted octanol–water partition coefficient (Wildman–Crippen LogP) is 3.67. The number of hydrogen-bond donors (Lipinski definition) is 1. The third kappa shape index (κ3) is 4.38. The van der Waals surface area contributed by atoms with E-state index < -0.39 is 13.1 Å². The van der Waals surface area contributed by atoms with Gasteiger partial charge in [0, 0.05) is 6.42 Å². The Morgan fingerprint density at radius 2 is 2.06 bits per heavy atom. The van der Waals surface area contributed by atoms with Crippen molar-refractivity contribution in [1.29, 1.82) is 0 Å². The second-order valence-corrected chi connectivity index (χ2v) is 6.19. The highest BCUT2D eigenvalue weighted by atomic mass is 35.5. The largest absolute Gasteiger partial charge is 0.394 e. The van der Waals surface area contributed by atoms with Crippen molar-refractivity contribution >= 4 is 36.3 Å². The minimum absolute atomic E-state index is 0.0201. The standard InChI is InChI=1S/C11H13Cl2O4P/c1-2-17-18(15,16)11(14)6-4-8-3-5-9(12)10(13)7-8/h3,5,7H,2,4,6H2,1H3,(H,15,16). The highest BCUT2D eigenvalue weighted by Gasteiger charge is 2.28. The molecule has 0 spiro atoms. The Balaban J connectivity index is 2.62. The third-order valence-electron chi connectivity index (χ3n) is 2.23. The molecule has 1 atom stereocenters. The fraction of sp³-hybridized carbons (Fsp3) is 0.364. The summed E-state index contributed by atoms with van der Waals surface area (Å²) in [6.07, 6.45) is 0.235. The molecule has 0 heterocycles. The Bertz CT molecular complexity index is 490. The SMILES string of the molecule is CCOP(=O)(O)C(=O)CCc1ccc(Cl)c(Cl)c1. The van der Waals surface area contributed by atoms with Crippen LogP contribution in [-0.4, -0.2) is 17.0 Å². The number of halogens is 2. The normalized spacial score (nSPS) is 14.2. The van der Waals surface area contributed by atoms with E-state index in [1.165, 1.54) is 0 Å². The van der Waals surface area contributed by atoms with Crippen molar-refractivity contribution in [1.82, 2.24) is 0 Å². The molecular formula is C11H13Cl2O4P. The number of carbonyl (C=O) groups excluding carboxylic acids is 1. The van der Waals surface area contributed by atoms with E-state index in [4.69, 9.17) is 23.2 Å². The number of hydrogen-bond acceptors (Lipinski definition) is 3. The highest BCUT2D eigenvalue weighted by Crippen LogP contribution is 2.44. The summed E-state index contributed by atoms with van der Waals surface area (Å²) in [6, 6.07) is 4.95. The van der Waals surface area contributed by atoms with Crippen molar-refractivity contribution in [2.45, 2.75) is 19.8 Å². The van der Waals surface area contributed by atoms with Gasteiger partial charge in [-0.3, -0.25) is 9.36 Å². The second-order valence-electron chi connectivity index (χ2n) is 3.58. The van der Waals surface area contributed by atoms with E-state index in [1.807, 2.05) is 0 Å². The van der Waals surface area contributed by atoms with Gasteiger partial charge in [0.1, 0.15) is 0 Å². The molecule has 0 aliphatic heterocycles. The van der Waals surface area contributed by atoms with Gasteiger partial charge in [-0.15, -0.1) is 0 Å². The molecule has 1 aromatic carbocycles. The summed E-state index contributed by atoms with van der Waals surface area (Å²) in [5.74, 6) is 0. The van der Waals surface area contributed by atoms with Crippen molar-refractivity contribution in [3.63, 3.8) is 0 Å². The number of rotatable bonds is 6. The summed E-state index contributed by atoms with van der Waals surface area (Å²) in [4.78, 5) is 20.8. The van der Waals surface area contributed by atoms with Crippen LogP contribution >= 0.6 is 30.8 Å². The molecule has 1 N–H and O–H groups in total. The zero-order valence-corrected chi connectivity index (χ0v) is 12.1. The fourth-order valence-electron chi connectivity index (χ4n) is 1.33. The van der Waals surface area contributed by atoms with E-state index in [2.05, 4.69) is 4.52 Å². The first kappa shape index (κ1) is 15.7. The first-order valence-corrected chi connectivity index (χ1v) is 7.65. The second kappa shape index (κ2) is 6.69. The Kier molecular flexibility index (Phi) is 5.83. The van der Waals surface area contributed by atoms with Crippen LogP contribution in [0.3, 0.4) is 0 Å². The lowest BCUT2D eigenvalue weighted by atomic mass is 10.1. The molecule has 0 radical (unpaired) electrons. The monoisotopic (exact) mass is 310 g/mol. The van der Waals surface area contributed by atoms with Crippen molar-refractivity contribution in [3.05, 3.63) is 33.8 Å². The molecule has 0 aliphatic rings. The van der Waals surface area contributed by atoms with Crippen LogP contribution in [0.25, 0.3) is 0 Å². The minimum atomic E-state index is -4.14. The van der Waals surface area contributed by atoms with E-state index in [9.17, 15) is 14.3 Å². The molecule has 1 rings (SSSR count). The maximum absolute atomic E-state index is 11.5. The summed E-state index contributed by atoms with van der Waals surface area (Å²) in [5, 5.41) is 0.812. The summed E-state index contributed by atoms with van der Waals surface area (Å²) in [7, 11) is -4.14. The van der Waals surface area contributed by atoms with Crippen LogP contribution < -0.4 is 0 Å². The average molecular weight is 311 g/mol. The van der Waals surface area contributed by atoms with Crippen LogP contribution in [0.2, 0.25) is 10.0 Å². The zero-order valence-electron chi connectivity index (χ0n) is 9.73. The molecule has 0 saturated heterocycles. The average Bonchev–Trinajstić information content (AvgIpc) is 2.30. The molecule has 0 aliphatic carbocycles. The zero-order chi connectivity index (χ0) is 13.8. The quantitative estimate of drug-likeness (QED) is 0.814. The smallest absolute Gasteiger partial charge is 0.319 e. The molecule has 1 unspecified atom stereocenters. The molecule has 18 heavy (non-hydrogen) atoms. The summed E-state index contributed by atoms with van der Waals surface area (Å²) < 4.78 is 15.9. The first-order chi connectivity index (χ1) is 8.36. The van der Waals surface area contributed by atoms with Crippen LogP contribution in [0.4, 0.5) is 0 Å². The first-order valence-electron chi connectivity index (χ1n) is 5.31. The van der Waals surface area contributed by atoms with Crippen LogP contribution in [0.15, 0.2) is 18.2 Å². The number of aryl methyl sites for hydroxylation is 1. The topological polar surface area (TPSA) is 63.6 Å². The van der Waals surface area contributed by atoms with Crippen LogP contribution in [0.1, 0.15) is 18.9 Å². The van der Waals surface area contributed by atoms with E-state index in [0.29, 0.717) is 16.5 Å². The lowest BCUT2D eigenvalue weighted by Crippen LogP contribution is -2.04. The summed E-state index contributed by atoms with van der Waals surface area (Å²) in [5.41, 5.74) is -0.0235. The summed E-state index contributed by atoms with van der Waals surface area (Å²) >= 11 is 11.6. The molecule has 0 aromatic heterocycles. The molecular weight excluding hydrogens is 298 g/mol. The van der Waals surface area contributed by atoms with Crippen molar-refractivity contribution < 1.29 is 18.8 Å². The van der Waals surface area contributed by atoms with Gasteiger partial charge in [0.25, 0.3) is 0 Å². The van der Waals surface area contributed by atoms with E-state index in [1.54, 1.807) is 25.1 Å². The van der Waals surface area contributed by atoms with Crippen LogP contribution in [0, 0.1) is 0 Å². The molecule has 1 aromatic rings. The van der Waals surface area contributed by atoms with Gasteiger partial charge in [-0.25, -0.2) is 0 Å². The lowest BCUT2D eigenvalue weighted by Gasteiger charge is -2.09. The predicted molar refractivity (Wildman–Crippen MR) is 71.2 cm³/mol. The fourth-order valence-corrected chi connectivity index (χ4v) is 2.54. The van der Waals surface area contributed by atoms with Gasteiger partial charge in [-0.05, 0) is 31.0 Å². The van der Waals surface area contributed by atoms with Crippen molar-refractivity contribution in [2.24, 2.45) is 0 Å². The van der Waals surface area contributed by atoms with E-state index in [0.717, 1.165) is 5.56 Å². The van der Waals surface area contributed by atoms with E-state index in [-0.39, 0.29) is 13.0 Å². The van der Waals surface area contributed by atoms with Crippen molar-refractivity contribution in [2.75, 3.05) is 6.61 Å². The van der Waals surface area contributed by atoms with Gasteiger partial charge >= 0.3 is 7.60 Å². The molecule has 100 valence electrons. The molecule has 0 bridgehead atoms. The Morgan fingerprint density at radius 3 is 2.61 bits per heavy atom. The van der Waals surface area contributed by atoms with Gasteiger partial charge < -0.3 is 9.42 Å². The number of benzene rings is 1. The minimum Gasteiger partial charge on any atom is -0.319 e. The van der Waals surface area contributed by atoms with Gasteiger partial charge in [-0.2, -0.15) is 0 Å². The molecule has 4 nitrogen and oxygen atoms in total. The Labute approximate surface area is 115 Å². The highest BCUT2D eigenvalue weighted by molar-refractivity contribution is 7.70.